The molecule has 1 N–H and O–H groups in total. The zero-order valence-electron chi connectivity index (χ0n) is 16.5. The van der Waals surface area contributed by atoms with Crippen molar-refractivity contribution in [1.82, 2.24) is 9.62 Å². The predicted octanol–water partition coefficient (Wildman–Crippen LogP) is 2.94. The summed E-state index contributed by atoms with van der Waals surface area (Å²) in [7, 11) is 1.16. The third kappa shape index (κ3) is 3.68. The van der Waals surface area contributed by atoms with Crippen LogP contribution in [-0.2, 0) is 11.0 Å². The number of hydrogen-bond acceptors (Lipinski definition) is 5. The van der Waals surface area contributed by atoms with Crippen LogP contribution in [0.15, 0.2) is 51.8 Å². The van der Waals surface area contributed by atoms with Crippen LogP contribution >= 0.6 is 0 Å². The van der Waals surface area contributed by atoms with Gasteiger partial charge in [0.25, 0.3) is 11.8 Å². The maximum absolute atomic E-state index is 14.5. The first-order valence-electron chi connectivity index (χ1n) is 9.36. The molecule has 4 rings (SSSR count). The highest BCUT2D eigenvalue weighted by Gasteiger charge is 2.23. The lowest BCUT2D eigenvalue weighted by Gasteiger charge is -2.33. The van der Waals surface area contributed by atoms with E-state index < -0.39 is 22.7 Å². The number of benzene rings is 2. The molecule has 0 bridgehead atoms. The van der Waals surface area contributed by atoms with Gasteiger partial charge in [-0.3, -0.25) is 14.3 Å². The Morgan fingerprint density at radius 3 is 2.57 bits per heavy atom. The molecule has 1 fully saturated rings. The Balaban J connectivity index is 1.58. The quantitative estimate of drug-likeness (QED) is 0.674. The zero-order chi connectivity index (χ0) is 21.4. The normalized spacial score (nSPS) is 14.3. The van der Waals surface area contributed by atoms with Crippen molar-refractivity contribution in [2.24, 2.45) is 0 Å². The van der Waals surface area contributed by atoms with Crippen molar-refractivity contribution >= 4 is 39.5 Å². The standard InChI is InChI=1S/C21H20FN3O4S/c1-24(2)21(27)14-6-3-4-7-19(14)30(28)23-20(26)18-12-15-16(22)10-13(11-17(15)29-18)25-8-5-9-25/h3-4,6-7,10-12H,5,8-9H2,1-2H3,(H,23,26). The molecule has 1 aliphatic rings. The van der Waals surface area contributed by atoms with E-state index in [9.17, 15) is 18.2 Å². The minimum Gasteiger partial charge on any atom is -0.451 e. The molecule has 7 nitrogen and oxygen atoms in total. The van der Waals surface area contributed by atoms with Crippen LogP contribution in [0, 0.1) is 5.82 Å². The summed E-state index contributed by atoms with van der Waals surface area (Å²) in [5.41, 5.74) is 1.17. The van der Waals surface area contributed by atoms with Gasteiger partial charge in [-0.1, -0.05) is 12.1 Å². The van der Waals surface area contributed by atoms with Gasteiger partial charge in [-0.05, 0) is 24.6 Å². The number of furan rings is 1. The fourth-order valence-corrected chi connectivity index (χ4v) is 4.12. The molecular weight excluding hydrogens is 409 g/mol. The Labute approximate surface area is 175 Å². The van der Waals surface area contributed by atoms with E-state index in [2.05, 4.69) is 4.72 Å². The molecule has 1 saturated heterocycles. The second-order valence-corrected chi connectivity index (χ2v) is 8.37. The van der Waals surface area contributed by atoms with Crippen molar-refractivity contribution in [2.45, 2.75) is 11.3 Å². The summed E-state index contributed by atoms with van der Waals surface area (Å²) in [6.45, 7) is 1.70. The van der Waals surface area contributed by atoms with Crippen LogP contribution in [0.1, 0.15) is 27.3 Å². The molecule has 1 aliphatic heterocycles. The highest BCUT2D eigenvalue weighted by atomic mass is 32.2. The molecule has 1 unspecified atom stereocenters. The minimum absolute atomic E-state index is 0.158. The first-order valence-corrected chi connectivity index (χ1v) is 10.5. The lowest BCUT2D eigenvalue weighted by atomic mass is 10.1. The van der Waals surface area contributed by atoms with Crippen molar-refractivity contribution in [2.75, 3.05) is 32.1 Å². The third-order valence-corrected chi connectivity index (χ3v) is 6.05. The Kier molecular flexibility index (Phi) is 5.29. The molecule has 0 aliphatic carbocycles. The number of halogens is 1. The fourth-order valence-electron chi connectivity index (χ4n) is 3.19. The predicted molar refractivity (Wildman–Crippen MR) is 111 cm³/mol. The summed E-state index contributed by atoms with van der Waals surface area (Å²) in [6.07, 6.45) is 1.05. The van der Waals surface area contributed by atoms with Gasteiger partial charge < -0.3 is 14.2 Å². The minimum atomic E-state index is -2.00. The van der Waals surface area contributed by atoms with E-state index >= 15 is 0 Å². The number of amides is 2. The fraction of sp³-hybridized carbons (Fsp3) is 0.238. The van der Waals surface area contributed by atoms with Gasteiger partial charge in [-0.2, -0.15) is 0 Å². The highest BCUT2D eigenvalue weighted by molar-refractivity contribution is 7.83. The second-order valence-electron chi connectivity index (χ2n) is 7.19. The average molecular weight is 429 g/mol. The van der Waals surface area contributed by atoms with Crippen molar-refractivity contribution in [3.05, 3.63) is 59.6 Å². The van der Waals surface area contributed by atoms with Gasteiger partial charge in [-0.15, -0.1) is 0 Å². The first kappa shape index (κ1) is 20.1. The van der Waals surface area contributed by atoms with Crippen molar-refractivity contribution in [3.63, 3.8) is 0 Å². The van der Waals surface area contributed by atoms with Crippen LogP contribution in [0.4, 0.5) is 10.1 Å². The number of anilines is 1. The maximum Gasteiger partial charge on any atom is 0.298 e. The van der Waals surface area contributed by atoms with Gasteiger partial charge >= 0.3 is 0 Å². The summed E-state index contributed by atoms with van der Waals surface area (Å²) >= 11 is 0. The SMILES string of the molecule is CN(C)C(=O)c1ccccc1S(=O)NC(=O)c1cc2c(F)cc(N3CCC3)cc2o1. The lowest BCUT2D eigenvalue weighted by Crippen LogP contribution is -2.36. The molecule has 0 radical (unpaired) electrons. The molecular formula is C21H20FN3O4S. The third-order valence-electron chi connectivity index (χ3n) is 4.93. The van der Waals surface area contributed by atoms with Crippen molar-refractivity contribution in [1.29, 1.82) is 0 Å². The summed E-state index contributed by atoms with van der Waals surface area (Å²) in [4.78, 5) is 28.4. The Hall–Kier alpha value is -3.20. The summed E-state index contributed by atoms with van der Waals surface area (Å²) in [5, 5.41) is 0.179. The maximum atomic E-state index is 14.5. The molecule has 156 valence electrons. The number of rotatable bonds is 5. The number of carbonyl (C=O) groups excluding carboxylic acids is 2. The van der Waals surface area contributed by atoms with E-state index in [1.807, 2.05) is 4.90 Å². The van der Waals surface area contributed by atoms with Crippen LogP contribution in [0.5, 0.6) is 0 Å². The number of nitrogens with zero attached hydrogens (tertiary/aromatic N) is 2. The Bertz CT molecular complexity index is 1170. The smallest absolute Gasteiger partial charge is 0.298 e. The largest absolute Gasteiger partial charge is 0.451 e. The summed E-state index contributed by atoms with van der Waals surface area (Å²) in [5.74, 6) is -1.74. The van der Waals surface area contributed by atoms with Gasteiger partial charge in [0.1, 0.15) is 11.4 Å². The second kappa shape index (κ2) is 7.91. The van der Waals surface area contributed by atoms with Gasteiger partial charge in [0.15, 0.2) is 16.7 Å². The topological polar surface area (TPSA) is 82.9 Å². The van der Waals surface area contributed by atoms with Crippen LogP contribution in [0.2, 0.25) is 0 Å². The lowest BCUT2D eigenvalue weighted by molar-refractivity contribution is 0.0823. The van der Waals surface area contributed by atoms with Gasteiger partial charge in [0.2, 0.25) is 0 Å². The summed E-state index contributed by atoms with van der Waals surface area (Å²) in [6, 6.07) is 10.7. The highest BCUT2D eigenvalue weighted by Crippen LogP contribution is 2.30. The Morgan fingerprint density at radius 1 is 1.17 bits per heavy atom. The number of fused-ring (bicyclic) bond motifs is 1. The van der Waals surface area contributed by atoms with Crippen LogP contribution < -0.4 is 9.62 Å². The first-order chi connectivity index (χ1) is 14.3. The van der Waals surface area contributed by atoms with Crippen LogP contribution in [-0.4, -0.2) is 48.1 Å². The van der Waals surface area contributed by atoms with Crippen LogP contribution in [0.25, 0.3) is 11.0 Å². The number of nitrogens with one attached hydrogen (secondary N) is 1. The summed E-state index contributed by atoms with van der Waals surface area (Å²) < 4.78 is 35.1. The van der Waals surface area contributed by atoms with E-state index in [4.69, 9.17) is 4.42 Å². The van der Waals surface area contributed by atoms with E-state index in [1.165, 1.54) is 29.2 Å². The van der Waals surface area contributed by atoms with E-state index in [0.717, 1.165) is 19.5 Å². The molecule has 2 heterocycles. The molecule has 3 aromatic rings. The van der Waals surface area contributed by atoms with Crippen LogP contribution in [0.3, 0.4) is 0 Å². The Morgan fingerprint density at radius 2 is 1.90 bits per heavy atom. The molecule has 2 aromatic carbocycles. The molecule has 30 heavy (non-hydrogen) atoms. The van der Waals surface area contributed by atoms with Gasteiger partial charge in [0, 0.05) is 45.0 Å². The molecule has 1 atom stereocenters. The van der Waals surface area contributed by atoms with E-state index in [0.29, 0.717) is 5.69 Å². The van der Waals surface area contributed by atoms with E-state index in [-0.39, 0.29) is 33.1 Å². The van der Waals surface area contributed by atoms with E-state index in [1.54, 1.807) is 32.3 Å². The molecule has 1 aromatic heterocycles. The van der Waals surface area contributed by atoms with Gasteiger partial charge in [0.05, 0.1) is 15.8 Å². The molecule has 9 heteroatoms. The number of carbonyl (C=O) groups is 2. The molecule has 0 spiro atoms. The molecule has 2 amide bonds. The van der Waals surface area contributed by atoms with Gasteiger partial charge in [-0.25, -0.2) is 8.60 Å². The molecule has 0 saturated carbocycles. The monoisotopic (exact) mass is 429 g/mol. The van der Waals surface area contributed by atoms with Crippen molar-refractivity contribution < 1.29 is 22.6 Å². The van der Waals surface area contributed by atoms with Crippen molar-refractivity contribution in [3.8, 4) is 0 Å². The average Bonchev–Trinajstić information content (AvgIpc) is 3.11. The number of hydrogen-bond donors (Lipinski definition) is 1. The zero-order valence-corrected chi connectivity index (χ0v) is 17.3.